The van der Waals surface area contributed by atoms with Gasteiger partial charge in [0.1, 0.15) is 18.3 Å². The van der Waals surface area contributed by atoms with Gasteiger partial charge in [-0.2, -0.15) is 0 Å². The summed E-state index contributed by atoms with van der Waals surface area (Å²) in [6.45, 7) is -0.823. The summed E-state index contributed by atoms with van der Waals surface area (Å²) in [7, 11) is -2.87. The van der Waals surface area contributed by atoms with Crippen LogP contribution in [-0.4, -0.2) is 67.5 Å². The molecule has 0 aliphatic rings. The van der Waals surface area contributed by atoms with Crippen molar-refractivity contribution in [1.82, 2.24) is 0 Å². The van der Waals surface area contributed by atoms with Crippen LogP contribution in [0.25, 0.3) is 0 Å². The highest BCUT2D eigenvalue weighted by Gasteiger charge is 2.33. The molecule has 0 aromatic carbocycles. The Labute approximate surface area is 86.4 Å². The van der Waals surface area contributed by atoms with Crippen molar-refractivity contribution in [3.8, 4) is 0 Å². The zero-order chi connectivity index (χ0) is 12.0. The van der Waals surface area contributed by atoms with Gasteiger partial charge in [-0.1, -0.05) is 0 Å². The highest BCUT2D eigenvalue weighted by molar-refractivity contribution is 7.39. The van der Waals surface area contributed by atoms with Gasteiger partial charge < -0.3 is 35.0 Å². The molecule has 4 atom stereocenters. The van der Waals surface area contributed by atoms with Crippen molar-refractivity contribution in [2.45, 2.75) is 24.4 Å². The maximum absolute atomic E-state index is 10.3. The summed E-state index contributed by atoms with van der Waals surface area (Å²) in [6.07, 6.45) is -7.01. The van der Waals surface area contributed by atoms with Crippen LogP contribution in [0.2, 0.25) is 0 Å². The van der Waals surface area contributed by atoms with Crippen molar-refractivity contribution in [3.63, 3.8) is 0 Å². The van der Waals surface area contributed by atoms with E-state index >= 15 is 0 Å². The summed E-state index contributed by atoms with van der Waals surface area (Å²) in [5.41, 5.74) is 0. The van der Waals surface area contributed by atoms with Gasteiger partial charge in [0.15, 0.2) is 12.4 Å². The summed E-state index contributed by atoms with van der Waals surface area (Å²) in [5.74, 6) is 0. The molecule has 0 amide bonds. The molecule has 0 aromatic rings. The number of hydrogen-bond donors (Lipinski definition) is 6. The minimum Gasteiger partial charge on any atom is -0.394 e. The summed E-state index contributed by atoms with van der Waals surface area (Å²) in [4.78, 5) is 27.2. The van der Waals surface area contributed by atoms with Crippen LogP contribution in [0.1, 0.15) is 0 Å². The van der Waals surface area contributed by atoms with Crippen LogP contribution in [0, 0.1) is 0 Å². The minimum atomic E-state index is -2.87. The molecule has 15 heavy (non-hydrogen) atoms. The topological polar surface area (TPSA) is 148 Å². The van der Waals surface area contributed by atoms with Crippen molar-refractivity contribution in [1.29, 1.82) is 0 Å². The van der Waals surface area contributed by atoms with Gasteiger partial charge in [-0.3, -0.25) is 4.52 Å². The molecule has 9 heteroatoms. The van der Waals surface area contributed by atoms with Gasteiger partial charge in [-0.15, -0.1) is 0 Å². The van der Waals surface area contributed by atoms with Crippen LogP contribution in [0.4, 0.5) is 0 Å². The van der Waals surface area contributed by atoms with Crippen molar-refractivity contribution in [2.75, 3.05) is 6.61 Å². The molecule has 6 N–H and O–H groups in total. The highest BCUT2D eigenvalue weighted by atomic mass is 31.2. The third kappa shape index (κ3) is 4.92. The Hall–Kier alpha value is -0.180. The van der Waals surface area contributed by atoms with Crippen LogP contribution in [0.3, 0.4) is 0 Å². The second-order valence-corrected chi connectivity index (χ2v) is 3.41. The Morgan fingerprint density at radius 3 is 2.07 bits per heavy atom. The smallest absolute Gasteiger partial charge is 0.327 e. The summed E-state index contributed by atoms with van der Waals surface area (Å²) < 4.78 is 4.18. The molecule has 0 heterocycles. The zero-order valence-electron chi connectivity index (χ0n) is 7.54. The third-order valence-corrected chi connectivity index (χ3v) is 2.05. The second-order valence-electron chi connectivity index (χ2n) is 2.69. The quantitative estimate of drug-likeness (QED) is 0.203. The fraction of sp³-hybridized carbons (Fsp3) is 0.833. The lowest BCUT2D eigenvalue weighted by Crippen LogP contribution is -2.46. The van der Waals surface area contributed by atoms with Crippen LogP contribution < -0.4 is 0 Å². The fourth-order valence-corrected chi connectivity index (χ4v) is 1.20. The Morgan fingerprint density at radius 1 is 1.20 bits per heavy atom. The average molecular weight is 244 g/mol. The molecule has 0 aliphatic carbocycles. The number of rotatable bonds is 7. The molecule has 0 unspecified atom stereocenters. The standard InChI is InChI=1S/C6H13O8P/c7-1-3(9)5(10)6(11)4(2-8)14-15(12)13/h2-7,9-13H,1H2/t3-,4+,5-,6-/m1/s1. The third-order valence-electron chi connectivity index (χ3n) is 1.62. The molecular weight excluding hydrogens is 231 g/mol. The van der Waals surface area contributed by atoms with E-state index in [-0.39, 0.29) is 6.29 Å². The summed E-state index contributed by atoms with van der Waals surface area (Å²) in [5, 5.41) is 35.8. The monoisotopic (exact) mass is 244 g/mol. The van der Waals surface area contributed by atoms with Crippen LogP contribution >= 0.6 is 8.60 Å². The van der Waals surface area contributed by atoms with E-state index in [1.165, 1.54) is 0 Å². The molecule has 90 valence electrons. The first kappa shape index (κ1) is 14.8. The van der Waals surface area contributed by atoms with E-state index in [0.29, 0.717) is 0 Å². The van der Waals surface area contributed by atoms with E-state index < -0.39 is 39.6 Å². The van der Waals surface area contributed by atoms with Gasteiger partial charge in [0.25, 0.3) is 0 Å². The molecule has 0 radical (unpaired) electrons. The first-order chi connectivity index (χ1) is 6.93. The molecule has 0 fully saturated rings. The molecule has 0 saturated heterocycles. The Bertz CT molecular complexity index is 188. The lowest BCUT2D eigenvalue weighted by Gasteiger charge is -2.25. The molecule has 0 aromatic heterocycles. The van der Waals surface area contributed by atoms with Crippen molar-refractivity contribution >= 4 is 14.9 Å². The number of hydrogen-bond acceptors (Lipinski definition) is 8. The Kier molecular flexibility index (Phi) is 7.07. The maximum Gasteiger partial charge on any atom is 0.327 e. The Balaban J connectivity index is 4.36. The van der Waals surface area contributed by atoms with Crippen LogP contribution in [0.15, 0.2) is 0 Å². The van der Waals surface area contributed by atoms with E-state index in [1.54, 1.807) is 0 Å². The van der Waals surface area contributed by atoms with Gasteiger partial charge in [0.05, 0.1) is 6.61 Å². The summed E-state index contributed by atoms with van der Waals surface area (Å²) >= 11 is 0. The highest BCUT2D eigenvalue weighted by Crippen LogP contribution is 2.28. The van der Waals surface area contributed by atoms with Gasteiger partial charge in [0.2, 0.25) is 0 Å². The number of aliphatic hydroxyl groups excluding tert-OH is 4. The zero-order valence-corrected chi connectivity index (χ0v) is 8.44. The molecule has 0 rings (SSSR count). The number of carbonyl (C=O) groups is 1. The van der Waals surface area contributed by atoms with E-state index in [4.69, 9.17) is 25.1 Å². The van der Waals surface area contributed by atoms with E-state index in [2.05, 4.69) is 4.52 Å². The van der Waals surface area contributed by atoms with E-state index in [9.17, 15) is 9.90 Å². The van der Waals surface area contributed by atoms with Crippen molar-refractivity contribution < 1.29 is 39.5 Å². The van der Waals surface area contributed by atoms with Gasteiger partial charge in [0, 0.05) is 0 Å². The van der Waals surface area contributed by atoms with Crippen molar-refractivity contribution in [2.24, 2.45) is 0 Å². The van der Waals surface area contributed by atoms with Crippen LogP contribution in [-0.2, 0) is 9.32 Å². The predicted octanol–water partition coefficient (Wildman–Crippen LogP) is -3.14. The lowest BCUT2D eigenvalue weighted by atomic mass is 10.0. The van der Waals surface area contributed by atoms with Crippen molar-refractivity contribution in [3.05, 3.63) is 0 Å². The molecule has 0 bridgehead atoms. The van der Waals surface area contributed by atoms with Gasteiger partial charge >= 0.3 is 8.60 Å². The maximum atomic E-state index is 10.3. The lowest BCUT2D eigenvalue weighted by molar-refractivity contribution is -0.133. The summed E-state index contributed by atoms with van der Waals surface area (Å²) in [6, 6.07) is 0. The number of aldehydes is 1. The van der Waals surface area contributed by atoms with E-state index in [0.717, 1.165) is 0 Å². The normalized spacial score (nSPS) is 19.7. The van der Waals surface area contributed by atoms with Gasteiger partial charge in [-0.05, 0) is 0 Å². The molecular formula is C6H13O8P. The first-order valence-corrected chi connectivity index (χ1v) is 5.05. The first-order valence-electron chi connectivity index (χ1n) is 3.89. The number of aliphatic hydroxyl groups is 4. The number of carbonyl (C=O) groups excluding carboxylic acids is 1. The molecule has 0 aliphatic heterocycles. The average Bonchev–Trinajstić information content (AvgIpc) is 2.22. The second kappa shape index (κ2) is 7.15. The largest absolute Gasteiger partial charge is 0.394 e. The minimum absolute atomic E-state index is 0.0414. The predicted molar refractivity (Wildman–Crippen MR) is 47.4 cm³/mol. The molecule has 8 nitrogen and oxygen atoms in total. The van der Waals surface area contributed by atoms with E-state index in [1.807, 2.05) is 0 Å². The van der Waals surface area contributed by atoms with Crippen LogP contribution in [0.5, 0.6) is 0 Å². The Morgan fingerprint density at radius 2 is 1.73 bits per heavy atom. The SMILES string of the molecule is O=C[C@H](OP(O)O)[C@@H](O)[C@H](O)[C@H](O)CO. The van der Waals surface area contributed by atoms with Gasteiger partial charge in [-0.25, -0.2) is 0 Å². The molecule has 0 spiro atoms. The molecule has 0 saturated carbocycles. The fourth-order valence-electron chi connectivity index (χ4n) is 0.807.